The number of rotatable bonds is 4. The molecule has 0 saturated heterocycles. The lowest BCUT2D eigenvalue weighted by atomic mass is 10.1. The molecule has 0 bridgehead atoms. The van der Waals surface area contributed by atoms with Gasteiger partial charge in [-0.2, -0.15) is 0 Å². The molecule has 0 saturated carbocycles. The number of nitrogens with one attached hydrogen (secondary N) is 1. The van der Waals surface area contributed by atoms with Gasteiger partial charge in [-0.15, -0.1) is 0 Å². The number of allylic oxidation sites excluding steroid dienone is 1. The molecule has 1 aromatic rings. The van der Waals surface area contributed by atoms with Crippen LogP contribution in [0.2, 0.25) is 0 Å². The summed E-state index contributed by atoms with van der Waals surface area (Å²) < 4.78 is 0. The third-order valence-electron chi connectivity index (χ3n) is 2.42. The number of hydrazine groups is 1. The van der Waals surface area contributed by atoms with Crippen LogP contribution in [0.5, 0.6) is 0 Å². The number of aliphatic imine (C=N–C) groups is 1. The van der Waals surface area contributed by atoms with Crippen LogP contribution in [0.4, 0.5) is 0 Å². The predicted molar refractivity (Wildman–Crippen MR) is 85.1 cm³/mol. The fourth-order valence-corrected chi connectivity index (χ4v) is 1.42. The Hall–Kier alpha value is -1.87. The van der Waals surface area contributed by atoms with Gasteiger partial charge in [0.25, 0.3) is 0 Å². The average Bonchev–Trinajstić information content (AvgIpc) is 2.47. The molecule has 0 radical (unpaired) electrons. The maximum Gasteiger partial charge on any atom is 0.143 e. The van der Waals surface area contributed by atoms with E-state index >= 15 is 0 Å². The van der Waals surface area contributed by atoms with Crippen molar-refractivity contribution in [3.63, 3.8) is 0 Å². The molecular weight excluding hydrogens is 234 g/mol. The largest absolute Gasteiger partial charge is 0.308 e. The summed E-state index contributed by atoms with van der Waals surface area (Å²) in [5.41, 5.74) is 4.55. The molecule has 104 valence electrons. The number of amidine groups is 1. The number of hydrogen-bond acceptors (Lipinski definition) is 2. The minimum atomic E-state index is -0.00236. The molecule has 3 N–H and O–H groups in total. The van der Waals surface area contributed by atoms with E-state index in [0.717, 1.165) is 11.1 Å². The number of hydrogen-bond donors (Lipinski definition) is 2. The summed E-state index contributed by atoms with van der Waals surface area (Å²) in [5, 5.41) is 0. The SMILES string of the molecule is C=C(/C=C\C)C(C)N=C(NN)c1ccccc1.CC. The standard InChI is InChI=1S/C14H19N3.C2H6/c1-4-8-11(2)12(3)16-14(17-15)13-9-6-5-7-10-13;1-2/h4-10,12H,2,15H2,1,3H3,(H,16,17);1-2H3/b8-4-;. The van der Waals surface area contributed by atoms with E-state index in [1.807, 2.05) is 70.2 Å². The van der Waals surface area contributed by atoms with Gasteiger partial charge < -0.3 is 5.43 Å². The van der Waals surface area contributed by atoms with Gasteiger partial charge in [0.1, 0.15) is 5.84 Å². The number of nitrogens with two attached hydrogens (primary N) is 1. The number of benzene rings is 1. The third-order valence-corrected chi connectivity index (χ3v) is 2.42. The van der Waals surface area contributed by atoms with E-state index < -0.39 is 0 Å². The molecule has 1 aromatic carbocycles. The van der Waals surface area contributed by atoms with Gasteiger partial charge in [0.05, 0.1) is 6.04 Å². The summed E-state index contributed by atoms with van der Waals surface area (Å²) in [6, 6.07) is 9.78. The second-order valence-electron chi connectivity index (χ2n) is 3.74. The first kappa shape index (κ1) is 17.1. The Morgan fingerprint density at radius 1 is 1.32 bits per heavy atom. The highest BCUT2D eigenvalue weighted by Gasteiger charge is 2.05. The molecule has 0 aliphatic carbocycles. The summed E-state index contributed by atoms with van der Waals surface area (Å²) in [5.74, 6) is 6.17. The lowest BCUT2D eigenvalue weighted by molar-refractivity contribution is 0.867. The van der Waals surface area contributed by atoms with Crippen LogP contribution in [-0.4, -0.2) is 11.9 Å². The lowest BCUT2D eigenvalue weighted by Crippen LogP contribution is -2.32. The molecule has 0 aromatic heterocycles. The van der Waals surface area contributed by atoms with E-state index in [-0.39, 0.29) is 6.04 Å². The molecule has 0 aliphatic heterocycles. The van der Waals surface area contributed by atoms with Gasteiger partial charge in [0.2, 0.25) is 0 Å². The van der Waals surface area contributed by atoms with Crippen LogP contribution in [-0.2, 0) is 0 Å². The van der Waals surface area contributed by atoms with Gasteiger partial charge in [-0.25, -0.2) is 5.84 Å². The van der Waals surface area contributed by atoms with Gasteiger partial charge in [0.15, 0.2) is 0 Å². The molecule has 0 fully saturated rings. The van der Waals surface area contributed by atoms with E-state index in [1.165, 1.54) is 0 Å². The monoisotopic (exact) mass is 259 g/mol. The minimum absolute atomic E-state index is 0.00236. The van der Waals surface area contributed by atoms with Crippen LogP contribution in [0.25, 0.3) is 0 Å². The molecule has 3 heteroatoms. The van der Waals surface area contributed by atoms with E-state index in [0.29, 0.717) is 5.84 Å². The maximum absolute atomic E-state index is 5.50. The minimum Gasteiger partial charge on any atom is -0.308 e. The van der Waals surface area contributed by atoms with Crippen molar-refractivity contribution in [2.45, 2.75) is 33.7 Å². The predicted octanol–water partition coefficient (Wildman–Crippen LogP) is 3.44. The summed E-state index contributed by atoms with van der Waals surface area (Å²) in [4.78, 5) is 4.51. The van der Waals surface area contributed by atoms with Crippen molar-refractivity contribution in [1.82, 2.24) is 5.43 Å². The molecule has 19 heavy (non-hydrogen) atoms. The Bertz CT molecular complexity index is 419. The number of nitrogens with zero attached hydrogens (tertiary/aromatic N) is 1. The highest BCUT2D eigenvalue weighted by molar-refractivity contribution is 5.98. The molecule has 1 rings (SSSR count). The smallest absolute Gasteiger partial charge is 0.143 e. The topological polar surface area (TPSA) is 50.4 Å². The first-order valence-corrected chi connectivity index (χ1v) is 6.60. The van der Waals surface area contributed by atoms with Crippen LogP contribution in [0.15, 0.2) is 59.6 Å². The van der Waals surface area contributed by atoms with Crippen LogP contribution < -0.4 is 11.3 Å². The summed E-state index contributed by atoms with van der Waals surface area (Å²) in [7, 11) is 0. The quantitative estimate of drug-likeness (QED) is 0.286. The molecule has 3 nitrogen and oxygen atoms in total. The van der Waals surface area contributed by atoms with Crippen LogP contribution >= 0.6 is 0 Å². The normalized spacial score (nSPS) is 12.6. The van der Waals surface area contributed by atoms with Crippen molar-refractivity contribution in [3.05, 3.63) is 60.2 Å². The molecular formula is C16H25N3. The second kappa shape index (κ2) is 10.1. The highest BCUT2D eigenvalue weighted by atomic mass is 15.3. The first-order valence-electron chi connectivity index (χ1n) is 6.60. The fourth-order valence-electron chi connectivity index (χ4n) is 1.42. The Morgan fingerprint density at radius 3 is 2.37 bits per heavy atom. The third kappa shape index (κ3) is 6.02. The summed E-state index contributed by atoms with van der Waals surface area (Å²) in [6.07, 6.45) is 3.90. The van der Waals surface area contributed by atoms with Crippen LogP contribution in [0, 0.1) is 0 Å². The zero-order valence-electron chi connectivity index (χ0n) is 12.4. The van der Waals surface area contributed by atoms with Crippen molar-refractivity contribution in [2.24, 2.45) is 10.8 Å². The Kier molecular flexibility index (Phi) is 9.10. The van der Waals surface area contributed by atoms with Crippen molar-refractivity contribution < 1.29 is 0 Å². The zero-order chi connectivity index (χ0) is 14.7. The van der Waals surface area contributed by atoms with E-state index in [9.17, 15) is 0 Å². The van der Waals surface area contributed by atoms with Crippen molar-refractivity contribution in [2.75, 3.05) is 0 Å². The van der Waals surface area contributed by atoms with Gasteiger partial charge in [0, 0.05) is 5.56 Å². The molecule has 1 atom stereocenters. The Labute approximate surface area is 116 Å². The molecule has 0 amide bonds. The van der Waals surface area contributed by atoms with Crippen LogP contribution in [0.3, 0.4) is 0 Å². The average molecular weight is 259 g/mol. The van der Waals surface area contributed by atoms with Crippen molar-refractivity contribution in [3.8, 4) is 0 Å². The van der Waals surface area contributed by atoms with E-state index in [4.69, 9.17) is 5.84 Å². The lowest BCUT2D eigenvalue weighted by Gasteiger charge is -2.11. The Morgan fingerprint density at radius 2 is 1.89 bits per heavy atom. The Balaban J connectivity index is 0.00000154. The van der Waals surface area contributed by atoms with Crippen molar-refractivity contribution in [1.29, 1.82) is 0 Å². The van der Waals surface area contributed by atoms with Gasteiger partial charge in [-0.1, -0.05) is 62.9 Å². The molecule has 0 aliphatic rings. The maximum atomic E-state index is 5.50. The molecule has 0 heterocycles. The first-order chi connectivity index (χ1) is 9.19. The highest BCUT2D eigenvalue weighted by Crippen LogP contribution is 2.08. The van der Waals surface area contributed by atoms with Crippen LogP contribution in [0.1, 0.15) is 33.3 Å². The molecule has 0 spiro atoms. The fraction of sp³-hybridized carbons (Fsp3) is 0.312. The summed E-state index contributed by atoms with van der Waals surface area (Å²) >= 11 is 0. The van der Waals surface area contributed by atoms with Gasteiger partial charge >= 0.3 is 0 Å². The van der Waals surface area contributed by atoms with E-state index in [2.05, 4.69) is 17.0 Å². The van der Waals surface area contributed by atoms with Crippen molar-refractivity contribution >= 4 is 5.84 Å². The summed E-state index contributed by atoms with van der Waals surface area (Å²) in [6.45, 7) is 11.9. The molecule has 1 unspecified atom stereocenters. The zero-order valence-corrected chi connectivity index (χ0v) is 12.4. The van der Waals surface area contributed by atoms with Gasteiger partial charge in [-0.05, 0) is 19.4 Å². The second-order valence-corrected chi connectivity index (χ2v) is 3.74. The van der Waals surface area contributed by atoms with Gasteiger partial charge in [-0.3, -0.25) is 4.99 Å². The van der Waals surface area contributed by atoms with E-state index in [1.54, 1.807) is 0 Å².